The number of nitrogens with zero attached hydrogens (tertiary/aromatic N) is 4. The number of furan rings is 2. The van der Waals surface area contributed by atoms with E-state index in [9.17, 15) is 14.4 Å². The Hall–Kier alpha value is -3.80. The average Bonchev–Trinajstić information content (AvgIpc) is 3.58. The summed E-state index contributed by atoms with van der Waals surface area (Å²) in [7, 11) is 4.87. The van der Waals surface area contributed by atoms with Crippen molar-refractivity contribution in [1.29, 1.82) is 0 Å². The van der Waals surface area contributed by atoms with Crippen LogP contribution in [0, 0.1) is 0 Å². The van der Waals surface area contributed by atoms with Crippen molar-refractivity contribution in [3.05, 3.63) is 69.2 Å². The van der Waals surface area contributed by atoms with E-state index in [4.69, 9.17) is 8.83 Å². The van der Waals surface area contributed by atoms with Crippen molar-refractivity contribution in [2.75, 3.05) is 30.5 Å². The second kappa shape index (κ2) is 7.96. The summed E-state index contributed by atoms with van der Waals surface area (Å²) < 4.78 is 13.6. The Balaban J connectivity index is 1.36. The van der Waals surface area contributed by atoms with Gasteiger partial charge in [0.2, 0.25) is 5.91 Å². The maximum absolute atomic E-state index is 13.0. The fourth-order valence-electron chi connectivity index (χ4n) is 3.99. The number of aromatic nitrogens is 2. The molecule has 1 unspecified atom stereocenters. The van der Waals surface area contributed by atoms with Crippen LogP contribution in [0.2, 0.25) is 0 Å². The maximum atomic E-state index is 13.0. The van der Waals surface area contributed by atoms with Gasteiger partial charge in [0.25, 0.3) is 5.56 Å². The molecule has 0 radical (unpaired) electrons. The summed E-state index contributed by atoms with van der Waals surface area (Å²) in [6, 6.07) is 7.32. The van der Waals surface area contributed by atoms with Crippen LogP contribution in [0.1, 0.15) is 11.5 Å². The fourth-order valence-corrected chi connectivity index (χ4v) is 5.25. The van der Waals surface area contributed by atoms with Crippen molar-refractivity contribution in [2.24, 2.45) is 14.1 Å². The molecule has 11 nitrogen and oxygen atoms in total. The van der Waals surface area contributed by atoms with Crippen LogP contribution < -0.4 is 26.8 Å². The topological polar surface area (TPSA) is 118 Å². The number of rotatable bonds is 5. The summed E-state index contributed by atoms with van der Waals surface area (Å²) in [6.07, 6.45) is 3.19. The third kappa shape index (κ3) is 3.42. The van der Waals surface area contributed by atoms with E-state index >= 15 is 0 Å². The quantitative estimate of drug-likeness (QED) is 0.564. The highest BCUT2D eigenvalue weighted by atomic mass is 32.2. The van der Waals surface area contributed by atoms with E-state index in [1.165, 1.54) is 23.4 Å². The molecule has 5 rings (SSSR count). The normalized spacial score (nSPS) is 17.5. The summed E-state index contributed by atoms with van der Waals surface area (Å²) in [5.41, 5.74) is -0.172. The van der Waals surface area contributed by atoms with Crippen LogP contribution in [-0.4, -0.2) is 45.7 Å². The predicted octanol–water partition coefficient (Wildman–Crippen LogP) is 1.06. The van der Waals surface area contributed by atoms with Crippen molar-refractivity contribution in [3.8, 4) is 0 Å². The van der Waals surface area contributed by atoms with Gasteiger partial charge in [-0.05, 0) is 24.3 Å². The van der Waals surface area contributed by atoms with E-state index in [0.717, 1.165) is 15.2 Å². The third-order valence-electron chi connectivity index (χ3n) is 5.66. The van der Waals surface area contributed by atoms with Gasteiger partial charge in [-0.25, -0.2) is 4.79 Å². The molecule has 2 aliphatic heterocycles. The van der Waals surface area contributed by atoms with Crippen LogP contribution in [0.4, 0.5) is 11.5 Å². The van der Waals surface area contributed by atoms with Crippen molar-refractivity contribution in [2.45, 2.75) is 5.50 Å². The molecule has 33 heavy (non-hydrogen) atoms. The molecule has 172 valence electrons. The third-order valence-corrected chi connectivity index (χ3v) is 6.95. The zero-order chi connectivity index (χ0) is 23.3. The number of carbonyl (C=O) groups excluding carboxylic acids is 1. The van der Waals surface area contributed by atoms with Gasteiger partial charge in [0.15, 0.2) is 11.3 Å². The van der Waals surface area contributed by atoms with E-state index in [0.29, 0.717) is 23.0 Å². The van der Waals surface area contributed by atoms with Gasteiger partial charge in [-0.1, -0.05) is 11.8 Å². The number of fused-ring (bicyclic) bond motifs is 1. The molecule has 0 saturated carbocycles. The summed E-state index contributed by atoms with van der Waals surface area (Å²) in [6.45, 7) is 0.195. The molecule has 0 fully saturated rings. The zero-order valence-electron chi connectivity index (χ0n) is 18.2. The molecule has 0 spiro atoms. The van der Waals surface area contributed by atoms with Gasteiger partial charge in [-0.3, -0.25) is 18.7 Å². The smallest absolute Gasteiger partial charge is 0.332 e. The monoisotopic (exact) mass is 470 g/mol. The highest BCUT2D eigenvalue weighted by Crippen LogP contribution is 2.46. The van der Waals surface area contributed by atoms with Gasteiger partial charge in [0.1, 0.15) is 17.3 Å². The van der Waals surface area contributed by atoms with Crippen LogP contribution in [0.3, 0.4) is 0 Å². The highest BCUT2D eigenvalue weighted by molar-refractivity contribution is 8.09. The molecule has 3 aromatic heterocycles. The van der Waals surface area contributed by atoms with Crippen molar-refractivity contribution >= 4 is 39.8 Å². The summed E-state index contributed by atoms with van der Waals surface area (Å²) in [5.74, 6) is 1.47. The molecule has 0 aliphatic carbocycles. The Morgan fingerprint density at radius 1 is 1.12 bits per heavy atom. The molecule has 0 saturated heterocycles. The number of nitrogens with one attached hydrogen (secondary N) is 2. The van der Waals surface area contributed by atoms with E-state index in [2.05, 4.69) is 10.6 Å². The first kappa shape index (κ1) is 21.1. The van der Waals surface area contributed by atoms with Gasteiger partial charge in [-0.15, -0.1) is 0 Å². The Morgan fingerprint density at radius 3 is 2.48 bits per heavy atom. The van der Waals surface area contributed by atoms with Crippen LogP contribution >= 0.6 is 11.8 Å². The molecular formula is C21H22N6O5S. The first-order valence-electron chi connectivity index (χ1n) is 10.2. The van der Waals surface area contributed by atoms with Gasteiger partial charge < -0.3 is 29.3 Å². The second-order valence-corrected chi connectivity index (χ2v) is 8.81. The number of hydrogen-bond donors (Lipinski definition) is 2. The van der Waals surface area contributed by atoms with Gasteiger partial charge in [0, 0.05) is 21.1 Å². The average molecular weight is 471 g/mol. The van der Waals surface area contributed by atoms with E-state index in [1.54, 1.807) is 36.6 Å². The fraction of sp³-hybridized carbons (Fsp3) is 0.286. The number of anilines is 2. The lowest BCUT2D eigenvalue weighted by molar-refractivity contribution is -0.120. The molecular weight excluding hydrogens is 448 g/mol. The SMILES string of the molecule is CN1C(c2ccco2)=C(c2ccco2)SC1NC(=O)CN1CNc2c1c(=O)n(C)c(=O)n2C. The van der Waals surface area contributed by atoms with Crippen LogP contribution in [0.25, 0.3) is 10.6 Å². The Kier molecular flexibility index (Phi) is 5.08. The molecule has 12 heteroatoms. The lowest BCUT2D eigenvalue weighted by Gasteiger charge is -2.25. The molecule has 5 heterocycles. The molecule has 2 N–H and O–H groups in total. The van der Waals surface area contributed by atoms with Crippen molar-refractivity contribution in [1.82, 2.24) is 19.4 Å². The minimum atomic E-state index is -0.444. The van der Waals surface area contributed by atoms with E-state index < -0.39 is 16.7 Å². The summed E-state index contributed by atoms with van der Waals surface area (Å²) in [5, 5.41) is 6.04. The zero-order valence-corrected chi connectivity index (χ0v) is 19.0. The summed E-state index contributed by atoms with van der Waals surface area (Å²) in [4.78, 5) is 42.2. The minimum absolute atomic E-state index is 0.0511. The number of thioether (sulfide) groups is 1. The Bertz CT molecular complexity index is 1350. The molecule has 3 aromatic rings. The first-order valence-corrected chi connectivity index (χ1v) is 11.0. The summed E-state index contributed by atoms with van der Waals surface area (Å²) >= 11 is 1.44. The van der Waals surface area contributed by atoms with E-state index in [1.807, 2.05) is 24.1 Å². The van der Waals surface area contributed by atoms with Crippen LogP contribution in [0.15, 0.2) is 55.2 Å². The molecule has 2 aliphatic rings. The van der Waals surface area contributed by atoms with Gasteiger partial charge in [0.05, 0.1) is 36.3 Å². The van der Waals surface area contributed by atoms with E-state index in [-0.39, 0.29) is 19.1 Å². The minimum Gasteiger partial charge on any atom is -0.464 e. The van der Waals surface area contributed by atoms with Gasteiger partial charge in [-0.2, -0.15) is 0 Å². The lowest BCUT2D eigenvalue weighted by Crippen LogP contribution is -2.46. The Morgan fingerprint density at radius 2 is 1.82 bits per heavy atom. The molecule has 1 amide bonds. The number of carbonyl (C=O) groups is 1. The first-order chi connectivity index (χ1) is 15.9. The number of amides is 1. The predicted molar refractivity (Wildman–Crippen MR) is 124 cm³/mol. The van der Waals surface area contributed by atoms with Gasteiger partial charge >= 0.3 is 5.69 Å². The molecule has 1 atom stereocenters. The van der Waals surface area contributed by atoms with Crippen molar-refractivity contribution < 1.29 is 13.6 Å². The maximum Gasteiger partial charge on any atom is 0.332 e. The molecule has 0 bridgehead atoms. The Labute approximate surface area is 192 Å². The lowest BCUT2D eigenvalue weighted by atomic mass is 10.2. The standard InChI is InChI=1S/C21H22N6O5S/c1-24-15(12-6-4-8-31-12)17(13-7-5-9-32-13)33-20(24)23-14(28)10-27-11-22-18-16(27)19(29)26(3)21(30)25(18)2/h4-9,20,22H,10-11H2,1-3H3,(H,23,28). The molecule has 0 aromatic carbocycles. The largest absolute Gasteiger partial charge is 0.464 e. The van der Waals surface area contributed by atoms with Crippen LogP contribution in [-0.2, 0) is 18.9 Å². The number of hydrogen-bond acceptors (Lipinski definition) is 9. The van der Waals surface area contributed by atoms with Crippen molar-refractivity contribution in [3.63, 3.8) is 0 Å². The van der Waals surface area contributed by atoms with Crippen LogP contribution in [0.5, 0.6) is 0 Å². The highest BCUT2D eigenvalue weighted by Gasteiger charge is 2.36. The second-order valence-electron chi connectivity index (χ2n) is 7.72.